The van der Waals surface area contributed by atoms with E-state index in [4.69, 9.17) is 4.74 Å². The molecule has 1 fully saturated rings. The summed E-state index contributed by atoms with van der Waals surface area (Å²) in [5, 5.41) is 0. The molecule has 2 nitrogen and oxygen atoms in total. The van der Waals surface area contributed by atoms with E-state index in [-0.39, 0.29) is 63.3 Å². The van der Waals surface area contributed by atoms with Crippen LogP contribution in [0.25, 0.3) is 0 Å². The average Bonchev–Trinajstić information content (AvgIpc) is 2.16. The Labute approximate surface area is 142 Å². The van der Waals surface area contributed by atoms with Crippen molar-refractivity contribution in [3.63, 3.8) is 0 Å². The van der Waals surface area contributed by atoms with E-state index in [1.807, 2.05) is 0 Å². The minimum Gasteiger partial charge on any atom is -0.466 e. The van der Waals surface area contributed by atoms with E-state index in [0.29, 0.717) is 43.8 Å². The van der Waals surface area contributed by atoms with Crippen LogP contribution >= 0.6 is 0 Å². The number of rotatable bonds is 3. The van der Waals surface area contributed by atoms with Crippen molar-refractivity contribution in [2.24, 2.45) is 5.92 Å². The first-order chi connectivity index (χ1) is 7.42. The Morgan fingerprint density at radius 2 is 1.94 bits per heavy atom. The summed E-state index contributed by atoms with van der Waals surface area (Å²) < 4.78 is 41.2. The summed E-state index contributed by atoms with van der Waals surface area (Å²) >= 11 is 0. The first-order valence-corrected chi connectivity index (χ1v) is 5.49. The minimum atomic E-state index is -4.85. The molecule has 0 aromatic rings. The predicted octanol–water partition coefficient (Wildman–Crippen LogP) is 0.0567. The molecule has 7 heteroatoms. The molecule has 0 spiro atoms. The van der Waals surface area contributed by atoms with Gasteiger partial charge in [0.15, 0.2) is 0 Å². The van der Waals surface area contributed by atoms with Crippen molar-refractivity contribution in [2.45, 2.75) is 32.6 Å². The monoisotopic (exact) mass is 274 g/mol. The van der Waals surface area contributed by atoms with Crippen molar-refractivity contribution in [1.29, 1.82) is 0 Å². The van der Waals surface area contributed by atoms with Crippen LogP contribution in [0.1, 0.15) is 32.6 Å². The quantitative estimate of drug-likeness (QED) is 0.537. The van der Waals surface area contributed by atoms with Gasteiger partial charge in [0, 0.05) is 0 Å². The van der Waals surface area contributed by atoms with E-state index < -0.39 is 6.98 Å². The predicted molar refractivity (Wildman–Crippen MR) is 55.8 cm³/mol. The largest absolute Gasteiger partial charge is 1.00 e. The van der Waals surface area contributed by atoms with Crippen LogP contribution in [0, 0.1) is 5.92 Å². The summed E-state index contributed by atoms with van der Waals surface area (Å²) in [5.74, 6) is -0.0848. The van der Waals surface area contributed by atoms with Crippen LogP contribution in [0.15, 0.2) is 11.5 Å². The van der Waals surface area contributed by atoms with Crippen LogP contribution < -0.4 is 51.4 Å². The second-order valence-corrected chi connectivity index (χ2v) is 3.98. The average molecular weight is 274 g/mol. The van der Waals surface area contributed by atoms with Crippen molar-refractivity contribution < 1.29 is 73.9 Å². The Hall–Kier alpha value is 0.701. The molecule has 0 aliphatic heterocycles. The van der Waals surface area contributed by atoms with Gasteiger partial charge in [0.2, 0.25) is 0 Å². The van der Waals surface area contributed by atoms with Crippen LogP contribution in [-0.2, 0) is 9.53 Å². The van der Waals surface area contributed by atoms with E-state index in [2.05, 4.69) is 0 Å². The normalized spacial score (nSPS) is 20.5. The van der Waals surface area contributed by atoms with E-state index in [1.54, 1.807) is 6.92 Å². The second kappa shape index (κ2) is 7.99. The zero-order valence-electron chi connectivity index (χ0n) is 10.2. The number of ether oxygens (including phenoxy) is 1. The smallest absolute Gasteiger partial charge is 0.466 e. The fourth-order valence-corrected chi connectivity index (χ4v) is 1.92. The van der Waals surface area contributed by atoms with Gasteiger partial charge < -0.3 is 17.7 Å². The number of allylic oxidation sites excluding steroid dienone is 1. The SMILES string of the molecule is CCOC(=O)C1CCC(=C[B-](F)(F)F)CC1.[K+]. The standard InChI is InChI=1S/C10H15BF3O2.K/c1-2-16-10(15)9-5-3-8(4-6-9)7-11(12,13)14;/h7,9H,2-6H2,1H3;/q-1;+1. The molecule has 0 aromatic heterocycles. The minimum absolute atomic E-state index is 0. The van der Waals surface area contributed by atoms with Gasteiger partial charge in [0.25, 0.3) is 0 Å². The van der Waals surface area contributed by atoms with Crippen LogP contribution in [0.4, 0.5) is 12.9 Å². The second-order valence-electron chi connectivity index (χ2n) is 3.98. The molecule has 17 heavy (non-hydrogen) atoms. The Bertz CT molecular complexity index is 282. The molecule has 0 radical (unpaired) electrons. The summed E-state index contributed by atoms with van der Waals surface area (Å²) in [6, 6.07) is 0. The van der Waals surface area contributed by atoms with Gasteiger partial charge in [0.1, 0.15) is 0 Å². The van der Waals surface area contributed by atoms with Gasteiger partial charge in [-0.2, -0.15) is 0 Å². The third-order valence-corrected chi connectivity index (χ3v) is 2.67. The van der Waals surface area contributed by atoms with E-state index >= 15 is 0 Å². The van der Waals surface area contributed by atoms with Crippen LogP contribution in [-0.4, -0.2) is 19.6 Å². The number of hydrogen-bond acceptors (Lipinski definition) is 2. The summed E-state index contributed by atoms with van der Waals surface area (Å²) in [6.45, 7) is -2.80. The molecule has 0 N–H and O–H groups in total. The van der Waals surface area contributed by atoms with Crippen LogP contribution in [0.5, 0.6) is 0 Å². The summed E-state index contributed by atoms with van der Waals surface area (Å²) in [6.07, 6.45) is 1.64. The molecule has 1 aliphatic carbocycles. The van der Waals surface area contributed by atoms with Crippen LogP contribution in [0.2, 0.25) is 0 Å². The van der Waals surface area contributed by atoms with E-state index in [9.17, 15) is 17.7 Å². The topological polar surface area (TPSA) is 26.3 Å². The van der Waals surface area contributed by atoms with Crippen molar-refractivity contribution in [3.8, 4) is 0 Å². The Morgan fingerprint density at radius 3 is 2.35 bits per heavy atom. The summed E-state index contributed by atoms with van der Waals surface area (Å²) in [4.78, 5) is 11.3. The zero-order chi connectivity index (χ0) is 12.2. The molecule has 1 saturated carbocycles. The molecule has 0 amide bonds. The van der Waals surface area contributed by atoms with Crippen molar-refractivity contribution in [3.05, 3.63) is 11.5 Å². The molecule has 0 unspecified atom stereocenters. The molecule has 0 atom stereocenters. The van der Waals surface area contributed by atoms with Gasteiger partial charge in [-0.25, -0.2) is 0 Å². The van der Waals surface area contributed by atoms with Gasteiger partial charge >= 0.3 is 64.3 Å². The number of hydrogen-bond donors (Lipinski definition) is 0. The van der Waals surface area contributed by atoms with Crippen molar-refractivity contribution in [1.82, 2.24) is 0 Å². The van der Waals surface area contributed by atoms with E-state index in [0.717, 1.165) is 0 Å². The summed E-state index contributed by atoms with van der Waals surface area (Å²) in [5.41, 5.74) is 0.410. The zero-order valence-corrected chi connectivity index (χ0v) is 13.3. The Morgan fingerprint density at radius 1 is 1.41 bits per heavy atom. The number of esters is 1. The molecular formula is C10H15BF3KO2. The van der Waals surface area contributed by atoms with Crippen molar-refractivity contribution in [2.75, 3.05) is 6.61 Å². The molecule has 0 bridgehead atoms. The molecular weight excluding hydrogens is 259 g/mol. The third kappa shape index (κ3) is 7.00. The number of halogens is 3. The Kier molecular flexibility index (Phi) is 8.32. The van der Waals surface area contributed by atoms with Crippen molar-refractivity contribution >= 4 is 12.9 Å². The van der Waals surface area contributed by atoms with Gasteiger partial charge in [-0.05, 0) is 32.6 Å². The van der Waals surface area contributed by atoms with Gasteiger partial charge in [0.05, 0.1) is 12.5 Å². The molecule has 1 aliphatic rings. The maximum Gasteiger partial charge on any atom is 1.00 e. The maximum atomic E-state index is 12.1. The van der Waals surface area contributed by atoms with Crippen LogP contribution in [0.3, 0.4) is 0 Å². The third-order valence-electron chi connectivity index (χ3n) is 2.67. The molecule has 92 valence electrons. The van der Waals surface area contributed by atoms with Gasteiger partial charge in [-0.15, -0.1) is 11.5 Å². The van der Waals surface area contributed by atoms with E-state index in [1.165, 1.54) is 0 Å². The first kappa shape index (κ1) is 17.7. The molecule has 1 rings (SSSR count). The maximum absolute atomic E-state index is 12.1. The summed E-state index contributed by atoms with van der Waals surface area (Å²) in [7, 11) is 0. The number of carbonyl (C=O) groups is 1. The molecule has 0 aromatic carbocycles. The fourth-order valence-electron chi connectivity index (χ4n) is 1.92. The van der Waals surface area contributed by atoms with Gasteiger partial charge in [-0.3, -0.25) is 4.79 Å². The molecule has 0 saturated heterocycles. The molecule has 0 heterocycles. The Balaban J connectivity index is 0.00000256. The van der Waals surface area contributed by atoms with Gasteiger partial charge in [-0.1, -0.05) is 0 Å². The first-order valence-electron chi connectivity index (χ1n) is 5.49. The number of carbonyl (C=O) groups excluding carboxylic acids is 1. The fraction of sp³-hybridized carbons (Fsp3) is 0.700.